The zero-order valence-electron chi connectivity index (χ0n) is 24.4. The van der Waals surface area contributed by atoms with Gasteiger partial charge in [0.1, 0.15) is 17.0 Å². The van der Waals surface area contributed by atoms with E-state index in [1.54, 1.807) is 13.8 Å². The molecule has 1 unspecified atom stereocenters. The number of carbonyl (C=O) groups is 1. The van der Waals surface area contributed by atoms with Crippen LogP contribution in [0, 0.1) is 18.7 Å². The Kier molecular flexibility index (Phi) is 7.34. The Morgan fingerprint density at radius 2 is 1.86 bits per heavy atom. The third-order valence-electron chi connectivity index (χ3n) is 9.79. The summed E-state index contributed by atoms with van der Waals surface area (Å²) in [4.78, 5) is 20.4. The minimum absolute atomic E-state index is 0.00773. The summed E-state index contributed by atoms with van der Waals surface area (Å²) in [6.07, 6.45) is -1.43. The zero-order chi connectivity index (χ0) is 30.0. The lowest BCUT2D eigenvalue weighted by atomic mass is 9.82. The van der Waals surface area contributed by atoms with Crippen LogP contribution in [0.15, 0.2) is 36.4 Å². The van der Waals surface area contributed by atoms with E-state index in [9.17, 15) is 27.5 Å². The van der Waals surface area contributed by atoms with Crippen LogP contribution in [0.3, 0.4) is 0 Å². The van der Waals surface area contributed by atoms with Gasteiger partial charge in [0.2, 0.25) is 0 Å². The lowest BCUT2D eigenvalue weighted by molar-refractivity contribution is -0.180. The largest absolute Gasteiger partial charge is 0.416 e. The van der Waals surface area contributed by atoms with Gasteiger partial charge in [-0.1, -0.05) is 6.07 Å². The molecule has 0 bridgehead atoms. The summed E-state index contributed by atoms with van der Waals surface area (Å²) in [6, 6.07) is 8.98. The molecular formula is C32H39F4N3O3. The van der Waals surface area contributed by atoms with Crippen molar-refractivity contribution in [3.05, 3.63) is 64.5 Å². The molecule has 228 valence electrons. The second-order valence-corrected chi connectivity index (χ2v) is 12.9. The van der Waals surface area contributed by atoms with E-state index in [1.807, 2.05) is 12.1 Å². The van der Waals surface area contributed by atoms with Crippen LogP contribution in [-0.4, -0.2) is 71.3 Å². The number of benzene rings is 2. The standard InChI is InChI=1S/C32H39F4N3O3/c1-20-14-25(7-9-28(20)33)39-13-12-37(16-21(39)2)26-10-11-31(42-18-26,23-4-5-23)29(40)38-17-22-15-24(32(34,35)36)6-8-27(22)30(3,41)19-38/h6-9,14-15,21,23,26,41H,4-5,10-13,16-19H2,1-3H3/t21?,26-,30-,31+/m1/s1. The van der Waals surface area contributed by atoms with Gasteiger partial charge < -0.3 is 19.6 Å². The minimum Gasteiger partial charge on any atom is -0.384 e. The Morgan fingerprint density at radius 3 is 2.48 bits per heavy atom. The highest BCUT2D eigenvalue weighted by Gasteiger charge is 2.56. The predicted octanol–water partition coefficient (Wildman–Crippen LogP) is 5.24. The molecule has 3 aliphatic heterocycles. The lowest BCUT2D eigenvalue weighted by Gasteiger charge is -2.49. The molecule has 0 radical (unpaired) electrons. The molecule has 0 aromatic heterocycles. The van der Waals surface area contributed by atoms with Crippen molar-refractivity contribution < 1.29 is 32.2 Å². The van der Waals surface area contributed by atoms with Crippen LogP contribution >= 0.6 is 0 Å². The number of alkyl halides is 3. The van der Waals surface area contributed by atoms with Gasteiger partial charge in [-0.2, -0.15) is 13.2 Å². The molecule has 42 heavy (non-hydrogen) atoms. The van der Waals surface area contributed by atoms with Gasteiger partial charge in [-0.05, 0) is 99.4 Å². The van der Waals surface area contributed by atoms with E-state index >= 15 is 0 Å². The number of nitrogens with zero attached hydrogens (tertiary/aromatic N) is 3. The molecule has 4 atom stereocenters. The van der Waals surface area contributed by atoms with Crippen molar-refractivity contribution in [3.63, 3.8) is 0 Å². The van der Waals surface area contributed by atoms with Gasteiger partial charge in [0.25, 0.3) is 5.91 Å². The second kappa shape index (κ2) is 10.5. The summed E-state index contributed by atoms with van der Waals surface area (Å²) in [6.45, 7) is 8.36. The number of β-amino-alcohol motifs (C(OH)–C–C–N with tert-alkyl or cyclic N) is 1. The van der Waals surface area contributed by atoms with Gasteiger partial charge in [-0.3, -0.25) is 9.69 Å². The molecule has 3 heterocycles. The fourth-order valence-corrected chi connectivity index (χ4v) is 7.35. The molecule has 1 aliphatic carbocycles. The number of piperazine rings is 1. The maximum Gasteiger partial charge on any atom is 0.416 e. The fourth-order valence-electron chi connectivity index (χ4n) is 7.35. The normalized spacial score (nSPS) is 30.8. The summed E-state index contributed by atoms with van der Waals surface area (Å²) >= 11 is 0. The van der Waals surface area contributed by atoms with Gasteiger partial charge >= 0.3 is 6.18 Å². The van der Waals surface area contributed by atoms with Crippen LogP contribution in [0.25, 0.3) is 0 Å². The molecule has 2 aromatic carbocycles. The first-order valence-corrected chi connectivity index (χ1v) is 14.9. The third-order valence-corrected chi connectivity index (χ3v) is 9.79. The van der Waals surface area contributed by atoms with Gasteiger partial charge in [-0.15, -0.1) is 0 Å². The highest BCUT2D eigenvalue weighted by Crippen LogP contribution is 2.49. The molecular weight excluding hydrogens is 550 g/mol. The molecule has 6 rings (SSSR count). The van der Waals surface area contributed by atoms with Gasteiger partial charge in [0, 0.05) is 44.0 Å². The van der Waals surface area contributed by atoms with Crippen LogP contribution < -0.4 is 4.90 Å². The summed E-state index contributed by atoms with van der Waals surface area (Å²) in [5.41, 5.74) is -0.877. The van der Waals surface area contributed by atoms with E-state index in [0.717, 1.165) is 56.7 Å². The summed E-state index contributed by atoms with van der Waals surface area (Å²) in [5, 5.41) is 11.2. The maximum absolute atomic E-state index is 14.1. The molecule has 3 fully saturated rings. The molecule has 2 aromatic rings. The van der Waals surface area contributed by atoms with Gasteiger partial charge in [-0.25, -0.2) is 4.39 Å². The second-order valence-electron chi connectivity index (χ2n) is 12.9. The number of fused-ring (bicyclic) bond motifs is 1. The Labute approximate surface area is 244 Å². The Hall–Kier alpha value is -2.69. The number of ether oxygens (including phenoxy) is 1. The summed E-state index contributed by atoms with van der Waals surface area (Å²) in [5.74, 6) is -0.352. The Morgan fingerprint density at radius 1 is 1.10 bits per heavy atom. The number of aryl methyl sites for hydroxylation is 1. The molecule has 1 amide bonds. The van der Waals surface area contributed by atoms with Gasteiger partial charge in [0.15, 0.2) is 0 Å². The van der Waals surface area contributed by atoms with Crippen molar-refractivity contribution in [1.82, 2.24) is 9.80 Å². The summed E-state index contributed by atoms with van der Waals surface area (Å²) < 4.78 is 60.7. The minimum atomic E-state index is -4.51. The van der Waals surface area contributed by atoms with E-state index in [4.69, 9.17) is 4.74 Å². The van der Waals surface area contributed by atoms with E-state index in [2.05, 4.69) is 16.7 Å². The monoisotopic (exact) mass is 589 g/mol. The van der Waals surface area contributed by atoms with Crippen molar-refractivity contribution in [2.75, 3.05) is 37.7 Å². The number of amides is 1. The zero-order valence-corrected chi connectivity index (χ0v) is 24.4. The lowest BCUT2D eigenvalue weighted by Crippen LogP contribution is -2.62. The van der Waals surface area contributed by atoms with Crippen LogP contribution in [0.5, 0.6) is 0 Å². The third kappa shape index (κ3) is 5.30. The van der Waals surface area contributed by atoms with Crippen molar-refractivity contribution in [3.8, 4) is 0 Å². The highest BCUT2D eigenvalue weighted by atomic mass is 19.4. The van der Waals surface area contributed by atoms with E-state index < -0.39 is 22.9 Å². The molecule has 2 saturated heterocycles. The number of aliphatic hydroxyl groups is 1. The first kappa shape index (κ1) is 29.4. The maximum atomic E-state index is 14.1. The molecule has 1 saturated carbocycles. The van der Waals surface area contributed by atoms with E-state index in [1.165, 1.54) is 17.0 Å². The molecule has 0 spiro atoms. The predicted molar refractivity (Wildman–Crippen MR) is 150 cm³/mol. The quantitative estimate of drug-likeness (QED) is 0.495. The van der Waals surface area contributed by atoms with Crippen LogP contribution in [0.4, 0.5) is 23.2 Å². The number of carbonyl (C=O) groups excluding carboxylic acids is 1. The van der Waals surface area contributed by atoms with E-state index in [-0.39, 0.29) is 42.8 Å². The number of hydrogen-bond donors (Lipinski definition) is 1. The molecule has 10 heteroatoms. The first-order chi connectivity index (χ1) is 19.8. The molecule has 4 aliphatic rings. The Bertz CT molecular complexity index is 1350. The fraction of sp³-hybridized carbons (Fsp3) is 0.594. The van der Waals surface area contributed by atoms with Crippen LogP contribution in [0.2, 0.25) is 0 Å². The first-order valence-electron chi connectivity index (χ1n) is 14.9. The number of anilines is 1. The molecule has 6 nitrogen and oxygen atoms in total. The van der Waals surface area contributed by atoms with Crippen molar-refractivity contribution in [1.29, 1.82) is 0 Å². The Balaban J connectivity index is 1.14. The summed E-state index contributed by atoms with van der Waals surface area (Å²) in [7, 11) is 0. The average molecular weight is 590 g/mol. The average Bonchev–Trinajstić information content (AvgIpc) is 3.79. The van der Waals surface area contributed by atoms with Crippen LogP contribution in [0.1, 0.15) is 61.8 Å². The van der Waals surface area contributed by atoms with Crippen LogP contribution in [-0.2, 0) is 27.9 Å². The van der Waals surface area contributed by atoms with Crippen molar-refractivity contribution in [2.24, 2.45) is 5.92 Å². The SMILES string of the molecule is Cc1cc(N2CCN([C@@H]3CC[C@@](C(=O)N4Cc5cc(C(F)(F)F)ccc5[C@](C)(O)C4)(C4CC4)OC3)CC2C)ccc1F. The number of rotatable bonds is 4. The number of hydrogen-bond acceptors (Lipinski definition) is 5. The molecule has 1 N–H and O–H groups in total. The topological polar surface area (TPSA) is 56.2 Å². The van der Waals surface area contributed by atoms with Crippen molar-refractivity contribution >= 4 is 11.6 Å². The highest BCUT2D eigenvalue weighted by molar-refractivity contribution is 5.86. The smallest absolute Gasteiger partial charge is 0.384 e. The van der Waals surface area contributed by atoms with E-state index in [0.29, 0.717) is 29.7 Å². The number of halogens is 4. The van der Waals surface area contributed by atoms with Crippen molar-refractivity contribution in [2.45, 2.75) is 82.5 Å². The van der Waals surface area contributed by atoms with Gasteiger partial charge in [0.05, 0.1) is 18.7 Å².